The van der Waals surface area contributed by atoms with Crippen LogP contribution in [0.3, 0.4) is 0 Å². The number of nitrogens with one attached hydrogen (secondary N) is 1. The summed E-state index contributed by atoms with van der Waals surface area (Å²) in [6.07, 6.45) is 0.503. The van der Waals surface area contributed by atoms with Crippen molar-refractivity contribution in [2.75, 3.05) is 0 Å². The third-order valence-corrected chi connectivity index (χ3v) is 5.31. The third-order valence-electron chi connectivity index (χ3n) is 5.31. The Labute approximate surface area is 194 Å². The summed E-state index contributed by atoms with van der Waals surface area (Å²) in [7, 11) is 0. The smallest absolute Gasteiger partial charge is 0.408 e. The highest BCUT2D eigenvalue weighted by Crippen LogP contribution is 2.31. The summed E-state index contributed by atoms with van der Waals surface area (Å²) in [5, 5.41) is 21.5. The molecule has 0 radical (unpaired) electrons. The molecular formula is C26H33NO6. The summed E-state index contributed by atoms with van der Waals surface area (Å²) in [5.41, 5.74) is 1.50. The van der Waals surface area contributed by atoms with Crippen LogP contribution >= 0.6 is 0 Å². The maximum Gasteiger partial charge on any atom is 0.408 e. The fourth-order valence-corrected chi connectivity index (χ4v) is 3.76. The van der Waals surface area contributed by atoms with E-state index >= 15 is 0 Å². The maximum atomic E-state index is 12.0. The number of hydrogen-bond acceptors (Lipinski definition) is 4. The minimum Gasteiger partial charge on any atom is -0.481 e. The van der Waals surface area contributed by atoms with Crippen LogP contribution in [0.15, 0.2) is 60.7 Å². The monoisotopic (exact) mass is 455 g/mol. The Kier molecular flexibility index (Phi) is 9.45. The molecule has 2 aromatic carbocycles. The molecule has 0 bridgehead atoms. The summed E-state index contributed by atoms with van der Waals surface area (Å²) in [6, 6.07) is 18.7. The van der Waals surface area contributed by atoms with Gasteiger partial charge in [-0.25, -0.2) is 9.59 Å². The van der Waals surface area contributed by atoms with Gasteiger partial charge >= 0.3 is 18.0 Å². The highest BCUT2D eigenvalue weighted by atomic mass is 16.6. The molecule has 2 rings (SSSR count). The van der Waals surface area contributed by atoms with Gasteiger partial charge in [-0.15, -0.1) is 0 Å². The first-order chi connectivity index (χ1) is 15.6. The van der Waals surface area contributed by atoms with Crippen molar-refractivity contribution in [3.05, 3.63) is 71.8 Å². The topological polar surface area (TPSA) is 113 Å². The summed E-state index contributed by atoms with van der Waals surface area (Å²) in [5.74, 6) is -3.17. The predicted octanol–water partition coefficient (Wildman–Crippen LogP) is 5.06. The Morgan fingerprint density at radius 3 is 1.79 bits per heavy atom. The number of carbonyl (C=O) groups excluding carboxylic acids is 1. The normalized spacial score (nSPS) is 13.2. The molecule has 0 aliphatic carbocycles. The molecule has 7 nitrogen and oxygen atoms in total. The van der Waals surface area contributed by atoms with Gasteiger partial charge in [0, 0.05) is 5.92 Å². The first-order valence-corrected chi connectivity index (χ1v) is 11.1. The van der Waals surface area contributed by atoms with Gasteiger partial charge in [-0.1, -0.05) is 67.1 Å². The van der Waals surface area contributed by atoms with Crippen molar-refractivity contribution in [3.63, 3.8) is 0 Å². The summed E-state index contributed by atoms with van der Waals surface area (Å²) in [6.45, 7) is 4.99. The van der Waals surface area contributed by atoms with Gasteiger partial charge in [0.1, 0.15) is 11.6 Å². The molecule has 2 atom stereocenters. The van der Waals surface area contributed by atoms with Crippen molar-refractivity contribution in [2.24, 2.45) is 5.92 Å². The zero-order valence-electron chi connectivity index (χ0n) is 19.4. The lowest BCUT2D eigenvalue weighted by atomic mass is 9.85. The molecule has 3 N–H and O–H groups in total. The first kappa shape index (κ1) is 25.9. The van der Waals surface area contributed by atoms with Crippen LogP contribution < -0.4 is 5.32 Å². The molecule has 0 unspecified atom stereocenters. The number of carboxylic acids is 2. The second kappa shape index (κ2) is 12.0. The molecule has 2 aromatic rings. The number of carbonyl (C=O) groups is 3. The summed E-state index contributed by atoms with van der Waals surface area (Å²) in [4.78, 5) is 35.5. The largest absolute Gasteiger partial charge is 0.481 e. The fourth-order valence-electron chi connectivity index (χ4n) is 3.76. The van der Waals surface area contributed by atoms with Gasteiger partial charge < -0.3 is 20.3 Å². The molecule has 33 heavy (non-hydrogen) atoms. The van der Waals surface area contributed by atoms with E-state index in [1.165, 1.54) is 0 Å². The van der Waals surface area contributed by atoms with E-state index < -0.39 is 35.6 Å². The first-order valence-electron chi connectivity index (χ1n) is 11.1. The van der Waals surface area contributed by atoms with Crippen LogP contribution in [0.5, 0.6) is 0 Å². The average molecular weight is 456 g/mol. The van der Waals surface area contributed by atoms with Crippen LogP contribution in [0.25, 0.3) is 0 Å². The van der Waals surface area contributed by atoms with Crippen molar-refractivity contribution in [3.8, 4) is 0 Å². The van der Waals surface area contributed by atoms with E-state index in [9.17, 15) is 24.6 Å². The van der Waals surface area contributed by atoms with E-state index in [1.807, 2.05) is 36.4 Å². The number of ether oxygens (including phenoxy) is 1. The fraction of sp³-hybridized carbons (Fsp3) is 0.423. The number of amides is 1. The second-order valence-corrected chi connectivity index (χ2v) is 9.11. The minimum atomic E-state index is -1.35. The van der Waals surface area contributed by atoms with Crippen LogP contribution in [0.1, 0.15) is 63.5 Å². The number of aliphatic carboxylic acids is 2. The van der Waals surface area contributed by atoms with E-state index in [-0.39, 0.29) is 12.3 Å². The van der Waals surface area contributed by atoms with Crippen LogP contribution in [-0.4, -0.2) is 39.9 Å². The quantitative estimate of drug-likeness (QED) is 0.437. The maximum absolute atomic E-state index is 12.0. The molecule has 0 aromatic heterocycles. The van der Waals surface area contributed by atoms with Crippen LogP contribution in [0.4, 0.5) is 4.79 Å². The molecule has 0 saturated carbocycles. The Morgan fingerprint density at radius 1 is 0.848 bits per heavy atom. The minimum absolute atomic E-state index is 0.108. The Hall–Kier alpha value is -3.35. The summed E-state index contributed by atoms with van der Waals surface area (Å²) < 4.78 is 5.11. The van der Waals surface area contributed by atoms with Crippen LogP contribution in [-0.2, 0) is 14.3 Å². The Balaban J connectivity index is 2.05. The molecule has 0 aliphatic rings. The van der Waals surface area contributed by atoms with Gasteiger partial charge in [0.2, 0.25) is 0 Å². The van der Waals surface area contributed by atoms with Crippen molar-refractivity contribution in [1.82, 2.24) is 5.32 Å². The van der Waals surface area contributed by atoms with Crippen molar-refractivity contribution >= 4 is 18.0 Å². The number of carboxylic acid groups (broad SMARTS) is 2. The SMILES string of the molecule is CC(C)(C)OC(=O)N[C@@H](C[C@H](CCCC(c1ccccc1)c1ccccc1)C(=O)O)C(=O)O. The molecular weight excluding hydrogens is 422 g/mol. The van der Waals surface area contributed by atoms with Gasteiger partial charge in [-0.05, 0) is 51.2 Å². The van der Waals surface area contributed by atoms with Crippen LogP contribution in [0.2, 0.25) is 0 Å². The highest BCUT2D eigenvalue weighted by molar-refractivity contribution is 5.81. The number of rotatable bonds is 11. The molecule has 0 aliphatic heterocycles. The van der Waals surface area contributed by atoms with Gasteiger partial charge in [0.25, 0.3) is 0 Å². The van der Waals surface area contributed by atoms with E-state index in [2.05, 4.69) is 29.6 Å². The molecule has 0 heterocycles. The second-order valence-electron chi connectivity index (χ2n) is 9.11. The third kappa shape index (κ3) is 8.96. The van der Waals surface area contributed by atoms with Gasteiger partial charge in [0.15, 0.2) is 0 Å². The zero-order chi connectivity index (χ0) is 24.4. The van der Waals surface area contributed by atoms with E-state index in [0.29, 0.717) is 12.8 Å². The Morgan fingerprint density at radius 2 is 1.36 bits per heavy atom. The standard InChI is InChI=1S/C26H33NO6/c1-26(2,3)33-25(32)27-22(24(30)31)17-20(23(28)29)15-10-16-21(18-11-6-4-7-12-18)19-13-8-5-9-14-19/h4-9,11-14,20-22H,10,15-17H2,1-3H3,(H,27,32)(H,28,29)(H,30,31)/t20-,22-/m0/s1. The number of benzene rings is 2. The average Bonchev–Trinajstić information content (AvgIpc) is 2.74. The van der Waals surface area contributed by atoms with Crippen molar-refractivity contribution in [1.29, 1.82) is 0 Å². The molecule has 1 amide bonds. The zero-order valence-corrected chi connectivity index (χ0v) is 19.4. The lowest BCUT2D eigenvalue weighted by Gasteiger charge is -2.24. The van der Waals surface area contributed by atoms with Crippen LogP contribution in [0, 0.1) is 5.92 Å². The lowest BCUT2D eigenvalue weighted by Crippen LogP contribution is -2.45. The van der Waals surface area contributed by atoms with Gasteiger partial charge in [-0.3, -0.25) is 4.79 Å². The predicted molar refractivity (Wildman–Crippen MR) is 125 cm³/mol. The molecule has 178 valence electrons. The molecule has 0 spiro atoms. The van der Waals surface area contributed by atoms with E-state index in [1.54, 1.807) is 20.8 Å². The Bertz CT molecular complexity index is 868. The van der Waals surface area contributed by atoms with Gasteiger partial charge in [0.05, 0.1) is 5.92 Å². The lowest BCUT2D eigenvalue weighted by molar-refractivity contribution is -0.144. The number of hydrogen-bond donors (Lipinski definition) is 3. The molecule has 0 fully saturated rings. The van der Waals surface area contributed by atoms with Gasteiger partial charge in [-0.2, -0.15) is 0 Å². The summed E-state index contributed by atoms with van der Waals surface area (Å²) >= 11 is 0. The molecule has 0 saturated heterocycles. The molecule has 7 heteroatoms. The van der Waals surface area contributed by atoms with E-state index in [0.717, 1.165) is 17.5 Å². The number of alkyl carbamates (subject to hydrolysis) is 1. The highest BCUT2D eigenvalue weighted by Gasteiger charge is 2.30. The van der Waals surface area contributed by atoms with E-state index in [4.69, 9.17) is 4.74 Å². The van der Waals surface area contributed by atoms with Crippen molar-refractivity contribution in [2.45, 2.75) is 64.0 Å². The van der Waals surface area contributed by atoms with Crippen molar-refractivity contribution < 1.29 is 29.3 Å².